The van der Waals surface area contributed by atoms with Crippen LogP contribution in [0, 0.1) is 0 Å². The average molecular weight is 408 g/mol. The molecule has 0 spiro atoms. The fourth-order valence-corrected chi connectivity index (χ4v) is 4.01. The molecule has 0 radical (unpaired) electrons. The number of carbonyl (C=O) groups is 1. The minimum absolute atomic E-state index is 0.161. The summed E-state index contributed by atoms with van der Waals surface area (Å²) in [7, 11) is 0. The lowest BCUT2D eigenvalue weighted by atomic mass is 10.3. The summed E-state index contributed by atoms with van der Waals surface area (Å²) in [5.41, 5.74) is 0. The van der Waals surface area contributed by atoms with E-state index < -0.39 is 0 Å². The fourth-order valence-electron chi connectivity index (χ4n) is 2.54. The number of aromatic nitrogens is 1. The summed E-state index contributed by atoms with van der Waals surface area (Å²) in [5.74, 6) is 1.60. The van der Waals surface area contributed by atoms with Gasteiger partial charge in [-0.2, -0.15) is 0 Å². The first kappa shape index (κ1) is 17.1. The minimum atomic E-state index is 0.161. The molecule has 1 aromatic carbocycles. The molecule has 0 saturated carbocycles. The lowest BCUT2D eigenvalue weighted by Crippen LogP contribution is -2.49. The Kier molecular flexibility index (Phi) is 5.63. The number of nitrogens with zero attached hydrogens (tertiary/aromatic N) is 3. The van der Waals surface area contributed by atoms with Crippen LogP contribution in [-0.4, -0.2) is 52.8 Å². The number of rotatable bonds is 4. The highest BCUT2D eigenvalue weighted by atomic mass is 79.9. The highest BCUT2D eigenvalue weighted by molar-refractivity contribution is 9.10. The lowest BCUT2D eigenvalue weighted by molar-refractivity contribution is -0.128. The molecule has 3 rings (SSSR count). The van der Waals surface area contributed by atoms with Gasteiger partial charge in [0.1, 0.15) is 11.6 Å². The zero-order valence-corrected chi connectivity index (χ0v) is 15.5. The van der Waals surface area contributed by atoms with Crippen LogP contribution in [-0.2, 0) is 4.79 Å². The van der Waals surface area contributed by atoms with Crippen molar-refractivity contribution in [3.63, 3.8) is 0 Å². The van der Waals surface area contributed by atoms with E-state index in [1.807, 2.05) is 29.2 Å². The van der Waals surface area contributed by atoms with Gasteiger partial charge in [-0.1, -0.05) is 12.1 Å². The van der Waals surface area contributed by atoms with Gasteiger partial charge in [-0.15, -0.1) is 11.8 Å². The summed E-state index contributed by atoms with van der Waals surface area (Å²) in [6.07, 6.45) is 1.45. The van der Waals surface area contributed by atoms with Crippen LogP contribution in [0.2, 0.25) is 0 Å². The second kappa shape index (κ2) is 7.90. The maximum Gasteiger partial charge on any atom is 0.233 e. The predicted octanol–water partition coefficient (Wildman–Crippen LogP) is 2.99. The number of carbonyl (C=O) groups excluding carboxylic acids is 1. The standard InChI is InChI=1S/C17H18BrN3O2S/c18-14-3-1-2-4-15(14)24-12-17(23)21-9-7-20(8-10-21)16-6-5-13(22)11-19-16/h1-6,11,22H,7-10,12H2. The number of hydrogen-bond donors (Lipinski definition) is 1. The third kappa shape index (κ3) is 4.21. The molecule has 0 atom stereocenters. The van der Waals surface area contributed by atoms with Gasteiger partial charge in [-0.25, -0.2) is 4.98 Å². The maximum atomic E-state index is 12.4. The number of amides is 1. The molecular formula is C17H18BrN3O2S. The van der Waals surface area contributed by atoms with Crippen LogP contribution in [0.3, 0.4) is 0 Å². The van der Waals surface area contributed by atoms with Gasteiger partial charge in [0.05, 0.1) is 11.9 Å². The molecule has 1 amide bonds. The highest BCUT2D eigenvalue weighted by Gasteiger charge is 2.22. The maximum absolute atomic E-state index is 12.4. The first-order valence-corrected chi connectivity index (χ1v) is 9.46. The van der Waals surface area contributed by atoms with Crippen LogP contribution in [0.15, 0.2) is 52.0 Å². The minimum Gasteiger partial charge on any atom is -0.506 e. The first-order chi connectivity index (χ1) is 11.6. The van der Waals surface area contributed by atoms with E-state index in [1.54, 1.807) is 23.9 Å². The van der Waals surface area contributed by atoms with Crippen molar-refractivity contribution in [2.24, 2.45) is 0 Å². The first-order valence-electron chi connectivity index (χ1n) is 7.68. The van der Waals surface area contributed by atoms with Gasteiger partial charge in [0.25, 0.3) is 0 Å². The SMILES string of the molecule is O=C(CSc1ccccc1Br)N1CCN(c2ccc(O)cn2)CC1. The summed E-state index contributed by atoms with van der Waals surface area (Å²) in [4.78, 5) is 21.7. The molecule has 0 bridgehead atoms. The molecule has 2 heterocycles. The molecule has 0 unspecified atom stereocenters. The Hall–Kier alpha value is -1.73. The largest absolute Gasteiger partial charge is 0.506 e. The molecule has 1 aromatic heterocycles. The smallest absolute Gasteiger partial charge is 0.233 e. The number of benzene rings is 1. The van der Waals surface area contributed by atoms with Crippen LogP contribution < -0.4 is 4.90 Å². The number of aromatic hydroxyl groups is 1. The molecule has 1 N–H and O–H groups in total. The molecule has 7 heteroatoms. The molecule has 1 aliphatic heterocycles. The third-order valence-corrected chi connectivity index (χ3v) is 5.89. The van der Waals surface area contributed by atoms with E-state index in [2.05, 4.69) is 25.8 Å². The van der Waals surface area contributed by atoms with Gasteiger partial charge < -0.3 is 14.9 Å². The van der Waals surface area contributed by atoms with Gasteiger partial charge in [-0.05, 0) is 40.2 Å². The topological polar surface area (TPSA) is 56.7 Å². The number of anilines is 1. The normalized spacial score (nSPS) is 14.7. The van der Waals surface area contributed by atoms with Crippen molar-refractivity contribution in [2.75, 3.05) is 36.8 Å². The zero-order chi connectivity index (χ0) is 16.9. The molecule has 5 nitrogen and oxygen atoms in total. The molecular weight excluding hydrogens is 390 g/mol. The van der Waals surface area contributed by atoms with Gasteiger partial charge in [-0.3, -0.25) is 4.79 Å². The van der Waals surface area contributed by atoms with Crippen molar-refractivity contribution in [1.82, 2.24) is 9.88 Å². The summed E-state index contributed by atoms with van der Waals surface area (Å²) in [5, 5.41) is 9.30. The number of thioether (sulfide) groups is 1. The van der Waals surface area contributed by atoms with E-state index in [9.17, 15) is 9.90 Å². The Balaban J connectivity index is 1.50. The summed E-state index contributed by atoms with van der Waals surface area (Å²) in [6, 6.07) is 11.4. The third-order valence-electron chi connectivity index (χ3n) is 3.88. The van der Waals surface area contributed by atoms with E-state index in [1.165, 1.54) is 6.20 Å². The molecule has 0 aliphatic carbocycles. The van der Waals surface area contributed by atoms with E-state index in [0.29, 0.717) is 18.8 Å². The molecule has 1 saturated heterocycles. The second-order valence-corrected chi connectivity index (χ2v) is 7.33. The Morgan fingerprint density at radius 2 is 1.92 bits per heavy atom. The van der Waals surface area contributed by atoms with Crippen molar-refractivity contribution < 1.29 is 9.90 Å². The molecule has 1 fully saturated rings. The number of piperazine rings is 1. The monoisotopic (exact) mass is 407 g/mol. The van der Waals surface area contributed by atoms with Crippen LogP contribution in [0.4, 0.5) is 5.82 Å². The van der Waals surface area contributed by atoms with Crippen LogP contribution in [0.25, 0.3) is 0 Å². The van der Waals surface area contributed by atoms with Gasteiger partial charge in [0, 0.05) is 35.5 Å². The molecule has 2 aromatic rings. The van der Waals surface area contributed by atoms with E-state index in [4.69, 9.17) is 0 Å². The molecule has 24 heavy (non-hydrogen) atoms. The summed E-state index contributed by atoms with van der Waals surface area (Å²) in [6.45, 7) is 2.89. The Bertz CT molecular complexity index is 703. The lowest BCUT2D eigenvalue weighted by Gasteiger charge is -2.35. The number of pyridine rings is 1. The highest BCUT2D eigenvalue weighted by Crippen LogP contribution is 2.27. The van der Waals surface area contributed by atoms with E-state index in [-0.39, 0.29) is 11.7 Å². The molecule has 126 valence electrons. The summed E-state index contributed by atoms with van der Waals surface area (Å²) >= 11 is 5.06. The van der Waals surface area contributed by atoms with Crippen molar-refractivity contribution >= 4 is 39.4 Å². The van der Waals surface area contributed by atoms with Crippen molar-refractivity contribution in [2.45, 2.75) is 4.90 Å². The number of hydrogen-bond acceptors (Lipinski definition) is 5. The van der Waals surface area contributed by atoms with E-state index >= 15 is 0 Å². The van der Waals surface area contributed by atoms with Crippen LogP contribution in [0.5, 0.6) is 5.75 Å². The van der Waals surface area contributed by atoms with Crippen LogP contribution >= 0.6 is 27.7 Å². The predicted molar refractivity (Wildman–Crippen MR) is 99.6 cm³/mol. The zero-order valence-electron chi connectivity index (χ0n) is 13.1. The quantitative estimate of drug-likeness (QED) is 0.789. The van der Waals surface area contributed by atoms with Crippen molar-refractivity contribution in [3.05, 3.63) is 47.1 Å². The fraction of sp³-hybridized carbons (Fsp3) is 0.294. The Morgan fingerprint density at radius 1 is 1.17 bits per heavy atom. The average Bonchev–Trinajstić information content (AvgIpc) is 2.62. The number of halogens is 1. The Labute approximate surface area is 153 Å². The van der Waals surface area contributed by atoms with Gasteiger partial charge in [0.15, 0.2) is 0 Å². The molecule has 1 aliphatic rings. The van der Waals surface area contributed by atoms with E-state index in [0.717, 1.165) is 28.3 Å². The summed E-state index contributed by atoms with van der Waals surface area (Å²) < 4.78 is 1.02. The van der Waals surface area contributed by atoms with Crippen molar-refractivity contribution in [1.29, 1.82) is 0 Å². The van der Waals surface area contributed by atoms with Crippen molar-refractivity contribution in [3.8, 4) is 5.75 Å². The Morgan fingerprint density at radius 3 is 2.58 bits per heavy atom. The second-order valence-electron chi connectivity index (χ2n) is 5.46. The van der Waals surface area contributed by atoms with Gasteiger partial charge in [0.2, 0.25) is 5.91 Å². The van der Waals surface area contributed by atoms with Crippen LogP contribution in [0.1, 0.15) is 0 Å². The van der Waals surface area contributed by atoms with Gasteiger partial charge >= 0.3 is 0 Å².